The first-order valence-corrected chi connectivity index (χ1v) is 3.73. The maximum Gasteiger partial charge on any atom is 0.225 e. The molecule has 5 heteroatoms. The predicted octanol–water partition coefficient (Wildman–Crippen LogP) is 0.398. The minimum absolute atomic E-state index is 0.413. The van der Waals surface area contributed by atoms with E-state index < -0.39 is 0 Å². The number of H-pyrrole nitrogens is 1. The highest BCUT2D eigenvalue weighted by Crippen LogP contribution is 2.06. The number of imidazole rings is 1. The lowest BCUT2D eigenvalue weighted by atomic mass is 10.5. The lowest BCUT2D eigenvalue weighted by Crippen LogP contribution is -2.02. The highest BCUT2D eigenvalue weighted by atomic mass is 15.1. The van der Waals surface area contributed by atoms with Crippen LogP contribution in [-0.2, 0) is 0 Å². The van der Waals surface area contributed by atoms with Crippen molar-refractivity contribution >= 4 is 17.1 Å². The fraction of sp³-hybridized carbons (Fsp3) is 0.125. The van der Waals surface area contributed by atoms with Crippen molar-refractivity contribution in [2.24, 2.45) is 0 Å². The summed E-state index contributed by atoms with van der Waals surface area (Å²) in [6.45, 7) is 0.413. The van der Waals surface area contributed by atoms with Crippen LogP contribution in [0.1, 0.15) is 0 Å². The second-order valence-corrected chi connectivity index (χ2v) is 2.39. The first-order valence-electron chi connectivity index (χ1n) is 3.73. The summed E-state index contributed by atoms with van der Waals surface area (Å²) in [5, 5.41) is 2.86. The molecule has 2 heterocycles. The lowest BCUT2D eigenvalue weighted by Gasteiger charge is -1.97. The Labute approximate surface area is 74.6 Å². The van der Waals surface area contributed by atoms with Gasteiger partial charge in [0.2, 0.25) is 5.95 Å². The lowest BCUT2D eigenvalue weighted by molar-refractivity contribution is 1.15. The van der Waals surface area contributed by atoms with Gasteiger partial charge in [0.15, 0.2) is 5.65 Å². The number of nitrogens with one attached hydrogen (secondary N) is 2. The van der Waals surface area contributed by atoms with Crippen LogP contribution in [0.4, 0.5) is 5.95 Å². The Morgan fingerprint density at radius 1 is 1.54 bits per heavy atom. The Hall–Kier alpha value is -2.09. The number of nitrogens with zero attached hydrogens (tertiary/aromatic N) is 3. The first kappa shape index (κ1) is 7.55. The van der Waals surface area contributed by atoms with Gasteiger partial charge in [-0.2, -0.15) is 4.98 Å². The van der Waals surface area contributed by atoms with Gasteiger partial charge in [-0.1, -0.05) is 5.92 Å². The van der Waals surface area contributed by atoms with Gasteiger partial charge in [-0.15, -0.1) is 6.42 Å². The van der Waals surface area contributed by atoms with Gasteiger partial charge in [-0.05, 0) is 0 Å². The van der Waals surface area contributed by atoms with Crippen LogP contribution in [0.3, 0.4) is 0 Å². The molecule has 2 aromatic rings. The molecule has 2 rings (SSSR count). The Morgan fingerprint density at radius 3 is 3.31 bits per heavy atom. The number of hydrogen-bond donors (Lipinski definition) is 2. The number of anilines is 1. The number of fused-ring (bicyclic) bond motifs is 1. The van der Waals surface area contributed by atoms with Crippen LogP contribution in [-0.4, -0.2) is 26.5 Å². The molecule has 0 spiro atoms. The zero-order valence-corrected chi connectivity index (χ0v) is 6.78. The van der Waals surface area contributed by atoms with Gasteiger partial charge in [-0.25, -0.2) is 9.97 Å². The summed E-state index contributed by atoms with van der Waals surface area (Å²) in [4.78, 5) is 15.0. The monoisotopic (exact) mass is 173 g/mol. The maximum absolute atomic E-state index is 5.08. The summed E-state index contributed by atoms with van der Waals surface area (Å²) >= 11 is 0. The van der Waals surface area contributed by atoms with Crippen molar-refractivity contribution in [2.75, 3.05) is 11.9 Å². The zero-order chi connectivity index (χ0) is 9.10. The summed E-state index contributed by atoms with van der Waals surface area (Å²) in [6, 6.07) is 0. The molecule has 0 saturated carbocycles. The molecule has 0 radical (unpaired) electrons. The van der Waals surface area contributed by atoms with Gasteiger partial charge < -0.3 is 10.3 Å². The highest BCUT2D eigenvalue weighted by Gasteiger charge is 1.99. The minimum atomic E-state index is 0.413. The standard InChI is InChI=1S/C8H7N5/c1-2-3-9-8-10-4-6-7(13-8)12-5-11-6/h1,4-5H,3H2,(H2,9,10,11,12,13). The van der Waals surface area contributed by atoms with Crippen LogP contribution in [0.25, 0.3) is 11.2 Å². The van der Waals surface area contributed by atoms with E-state index in [0.29, 0.717) is 18.1 Å². The zero-order valence-electron chi connectivity index (χ0n) is 6.78. The molecule has 0 fully saturated rings. The fourth-order valence-electron chi connectivity index (χ4n) is 0.951. The molecule has 0 saturated heterocycles. The second-order valence-electron chi connectivity index (χ2n) is 2.39. The molecule has 0 amide bonds. The average Bonchev–Trinajstić information content (AvgIpc) is 2.61. The molecule has 5 nitrogen and oxygen atoms in total. The molecule has 0 atom stereocenters. The van der Waals surface area contributed by atoms with Crippen molar-refractivity contribution in [1.29, 1.82) is 0 Å². The van der Waals surface area contributed by atoms with E-state index in [9.17, 15) is 0 Å². The summed E-state index contributed by atoms with van der Waals surface area (Å²) in [7, 11) is 0. The summed E-state index contributed by atoms with van der Waals surface area (Å²) in [5.41, 5.74) is 1.45. The maximum atomic E-state index is 5.08. The van der Waals surface area contributed by atoms with Gasteiger partial charge in [0.1, 0.15) is 5.52 Å². The highest BCUT2D eigenvalue weighted by molar-refractivity contribution is 5.69. The molecular formula is C8H7N5. The Balaban J connectivity index is 2.33. The van der Waals surface area contributed by atoms with Gasteiger partial charge in [0.05, 0.1) is 19.1 Å². The van der Waals surface area contributed by atoms with Crippen molar-refractivity contribution in [2.45, 2.75) is 0 Å². The van der Waals surface area contributed by atoms with Crippen LogP contribution in [0, 0.1) is 12.3 Å². The van der Waals surface area contributed by atoms with Gasteiger partial charge >= 0.3 is 0 Å². The van der Waals surface area contributed by atoms with Crippen LogP contribution < -0.4 is 5.32 Å². The summed E-state index contributed by atoms with van der Waals surface area (Å²) in [5.74, 6) is 2.94. The summed E-state index contributed by atoms with van der Waals surface area (Å²) < 4.78 is 0. The third-order valence-electron chi connectivity index (χ3n) is 1.52. The molecule has 0 aliphatic carbocycles. The van der Waals surface area contributed by atoms with E-state index in [1.165, 1.54) is 0 Å². The second kappa shape index (κ2) is 3.11. The van der Waals surface area contributed by atoms with Crippen molar-refractivity contribution in [3.05, 3.63) is 12.5 Å². The van der Waals surface area contributed by atoms with Gasteiger partial charge in [-0.3, -0.25) is 0 Å². The molecule has 64 valence electrons. The van der Waals surface area contributed by atoms with E-state index >= 15 is 0 Å². The number of rotatable bonds is 2. The van der Waals surface area contributed by atoms with Crippen molar-refractivity contribution < 1.29 is 0 Å². The summed E-state index contributed by atoms with van der Waals surface area (Å²) in [6.07, 6.45) is 8.31. The quantitative estimate of drug-likeness (QED) is 0.645. The Bertz CT molecular complexity index is 453. The molecule has 0 unspecified atom stereocenters. The van der Waals surface area contributed by atoms with E-state index in [1.807, 2.05) is 0 Å². The molecule has 13 heavy (non-hydrogen) atoms. The normalized spacial score (nSPS) is 9.77. The number of aromatic nitrogens is 4. The Kier molecular flexibility index (Phi) is 1.81. The van der Waals surface area contributed by atoms with Gasteiger partial charge in [0.25, 0.3) is 0 Å². The fourth-order valence-corrected chi connectivity index (χ4v) is 0.951. The molecule has 0 aromatic carbocycles. The van der Waals surface area contributed by atoms with E-state index in [4.69, 9.17) is 6.42 Å². The number of aromatic amines is 1. The molecule has 0 aliphatic heterocycles. The van der Waals surface area contributed by atoms with E-state index in [2.05, 4.69) is 31.2 Å². The predicted molar refractivity (Wildman–Crippen MR) is 49.0 cm³/mol. The third kappa shape index (κ3) is 1.42. The average molecular weight is 173 g/mol. The molecule has 0 aliphatic rings. The van der Waals surface area contributed by atoms with Crippen molar-refractivity contribution in [3.63, 3.8) is 0 Å². The van der Waals surface area contributed by atoms with Crippen molar-refractivity contribution in [3.8, 4) is 12.3 Å². The largest absolute Gasteiger partial charge is 0.343 e. The van der Waals surface area contributed by atoms with Crippen molar-refractivity contribution in [1.82, 2.24) is 19.9 Å². The SMILES string of the molecule is C#CCNc1ncc2[nH]cnc2n1. The third-order valence-corrected chi connectivity index (χ3v) is 1.52. The first-order chi connectivity index (χ1) is 6.40. The molecule has 0 bridgehead atoms. The Morgan fingerprint density at radius 2 is 2.46 bits per heavy atom. The van der Waals surface area contributed by atoms with Gasteiger partial charge in [0, 0.05) is 0 Å². The molecule has 2 aromatic heterocycles. The molecular weight excluding hydrogens is 166 g/mol. The smallest absolute Gasteiger partial charge is 0.225 e. The van der Waals surface area contributed by atoms with Crippen LogP contribution in [0.5, 0.6) is 0 Å². The van der Waals surface area contributed by atoms with E-state index in [1.54, 1.807) is 12.5 Å². The van der Waals surface area contributed by atoms with E-state index in [0.717, 1.165) is 5.52 Å². The van der Waals surface area contributed by atoms with E-state index in [-0.39, 0.29) is 0 Å². The topological polar surface area (TPSA) is 66.5 Å². The minimum Gasteiger partial charge on any atom is -0.343 e. The van der Waals surface area contributed by atoms with Crippen LogP contribution >= 0.6 is 0 Å². The van der Waals surface area contributed by atoms with Crippen LogP contribution in [0.2, 0.25) is 0 Å². The van der Waals surface area contributed by atoms with Crippen LogP contribution in [0.15, 0.2) is 12.5 Å². The number of hydrogen-bond acceptors (Lipinski definition) is 4. The molecule has 2 N–H and O–H groups in total. The number of terminal acetylenes is 1.